The van der Waals surface area contributed by atoms with Crippen molar-refractivity contribution in [3.8, 4) is 5.75 Å². The molecule has 1 fully saturated rings. The molecule has 1 aromatic rings. The van der Waals surface area contributed by atoms with E-state index >= 15 is 0 Å². The van der Waals surface area contributed by atoms with E-state index in [1.165, 1.54) is 25.3 Å². The summed E-state index contributed by atoms with van der Waals surface area (Å²) in [5.74, 6) is -0.142. The molecule has 1 aromatic carbocycles. The third-order valence-corrected chi connectivity index (χ3v) is 2.61. The number of ether oxygens (including phenoxy) is 2. The first-order chi connectivity index (χ1) is 8.61. The van der Waals surface area contributed by atoms with Crippen molar-refractivity contribution < 1.29 is 19.2 Å². The zero-order valence-electron chi connectivity index (χ0n) is 9.71. The molecule has 1 amide bonds. The number of rotatable bonds is 4. The minimum absolute atomic E-state index is 0.00241. The molecule has 1 aliphatic heterocycles. The van der Waals surface area contributed by atoms with Crippen molar-refractivity contribution in [2.75, 3.05) is 20.3 Å². The van der Waals surface area contributed by atoms with E-state index in [1.807, 2.05) is 0 Å². The molecule has 7 heteroatoms. The number of methoxy groups -OCH3 is 1. The molecule has 7 nitrogen and oxygen atoms in total. The number of non-ortho nitro benzene ring substituents is 1. The van der Waals surface area contributed by atoms with Gasteiger partial charge >= 0.3 is 0 Å². The highest BCUT2D eigenvalue weighted by atomic mass is 16.6. The van der Waals surface area contributed by atoms with Crippen molar-refractivity contribution in [1.29, 1.82) is 0 Å². The van der Waals surface area contributed by atoms with Crippen molar-refractivity contribution in [3.63, 3.8) is 0 Å². The molecule has 1 N–H and O–H groups in total. The molecule has 0 bridgehead atoms. The van der Waals surface area contributed by atoms with Gasteiger partial charge in [-0.2, -0.15) is 0 Å². The third kappa shape index (κ3) is 2.40. The molecule has 0 spiro atoms. The number of carbonyl (C=O) groups is 1. The van der Waals surface area contributed by atoms with Crippen LogP contribution in [0.4, 0.5) is 5.69 Å². The van der Waals surface area contributed by atoms with E-state index in [2.05, 4.69) is 5.32 Å². The number of nitro groups is 1. The molecule has 96 valence electrons. The first-order valence-corrected chi connectivity index (χ1v) is 5.33. The Bertz CT molecular complexity index is 484. The summed E-state index contributed by atoms with van der Waals surface area (Å²) in [6, 6.07) is 3.88. The van der Waals surface area contributed by atoms with Crippen LogP contribution >= 0.6 is 0 Å². The summed E-state index contributed by atoms with van der Waals surface area (Å²) in [4.78, 5) is 22.0. The van der Waals surface area contributed by atoms with Crippen molar-refractivity contribution in [2.45, 2.75) is 6.04 Å². The minimum Gasteiger partial charge on any atom is -0.496 e. The fourth-order valence-corrected chi connectivity index (χ4v) is 1.56. The molecular formula is C11H12N2O5. The number of carbonyl (C=O) groups excluding carboxylic acids is 1. The predicted molar refractivity (Wildman–Crippen MR) is 61.7 cm³/mol. The molecule has 0 aliphatic carbocycles. The van der Waals surface area contributed by atoms with E-state index in [1.54, 1.807) is 0 Å². The number of nitrogens with one attached hydrogen (secondary N) is 1. The Balaban J connectivity index is 2.20. The van der Waals surface area contributed by atoms with Crippen molar-refractivity contribution >= 4 is 11.6 Å². The van der Waals surface area contributed by atoms with Gasteiger partial charge in [-0.05, 0) is 6.07 Å². The number of amides is 1. The van der Waals surface area contributed by atoms with Crippen LogP contribution < -0.4 is 10.1 Å². The standard InChI is InChI=1S/C11H12N2O5/c1-17-10-4-8(13(15)16)2-3-9(10)11(14)12-7-5-18-6-7/h2-4,7H,5-6H2,1H3,(H,12,14). The first kappa shape index (κ1) is 12.3. The Labute approximate surface area is 103 Å². The maximum absolute atomic E-state index is 11.9. The molecular weight excluding hydrogens is 240 g/mol. The SMILES string of the molecule is COc1cc([N+](=O)[O-])ccc1C(=O)NC1COC1. The maximum atomic E-state index is 11.9. The molecule has 0 unspecified atom stereocenters. The molecule has 2 rings (SSSR count). The van der Waals surface area contributed by atoms with Crippen LogP contribution in [0.15, 0.2) is 18.2 Å². The Morgan fingerprint density at radius 3 is 2.78 bits per heavy atom. The van der Waals surface area contributed by atoms with Crippen LogP contribution in [0.2, 0.25) is 0 Å². The number of nitro benzene ring substituents is 1. The van der Waals surface area contributed by atoms with Gasteiger partial charge in [-0.1, -0.05) is 0 Å². The van der Waals surface area contributed by atoms with Crippen LogP contribution in [-0.2, 0) is 4.74 Å². The smallest absolute Gasteiger partial charge is 0.273 e. The van der Waals surface area contributed by atoms with Crippen LogP contribution in [0.1, 0.15) is 10.4 Å². The second-order valence-electron chi connectivity index (χ2n) is 3.85. The highest BCUT2D eigenvalue weighted by Gasteiger charge is 2.23. The quantitative estimate of drug-likeness (QED) is 0.630. The van der Waals surface area contributed by atoms with E-state index in [9.17, 15) is 14.9 Å². The average Bonchev–Trinajstić information content (AvgIpc) is 2.32. The van der Waals surface area contributed by atoms with Gasteiger partial charge < -0.3 is 14.8 Å². The summed E-state index contributed by atoms with van der Waals surface area (Å²) >= 11 is 0. The van der Waals surface area contributed by atoms with Crippen LogP contribution in [0, 0.1) is 10.1 Å². The highest BCUT2D eigenvalue weighted by Crippen LogP contribution is 2.24. The van der Waals surface area contributed by atoms with E-state index < -0.39 is 4.92 Å². The van der Waals surface area contributed by atoms with E-state index in [0.717, 1.165) is 0 Å². The Kier molecular flexibility index (Phi) is 3.42. The summed E-state index contributed by atoms with van der Waals surface area (Å²) in [6.45, 7) is 0.974. The summed E-state index contributed by atoms with van der Waals surface area (Å²) in [7, 11) is 1.36. The van der Waals surface area contributed by atoms with Crippen LogP contribution in [-0.4, -0.2) is 37.2 Å². The van der Waals surface area contributed by atoms with E-state index in [4.69, 9.17) is 9.47 Å². The van der Waals surface area contributed by atoms with Gasteiger partial charge in [0.05, 0.1) is 42.9 Å². The lowest BCUT2D eigenvalue weighted by Crippen LogP contribution is -2.48. The molecule has 0 saturated carbocycles. The summed E-state index contributed by atoms with van der Waals surface area (Å²) in [5.41, 5.74) is 0.158. The Hall–Kier alpha value is -2.15. The third-order valence-electron chi connectivity index (χ3n) is 2.61. The number of hydrogen-bond donors (Lipinski definition) is 1. The number of benzene rings is 1. The lowest BCUT2D eigenvalue weighted by atomic mass is 10.1. The Morgan fingerprint density at radius 1 is 1.56 bits per heavy atom. The largest absolute Gasteiger partial charge is 0.496 e. The summed E-state index contributed by atoms with van der Waals surface area (Å²) in [6.07, 6.45) is 0. The first-order valence-electron chi connectivity index (χ1n) is 5.33. The van der Waals surface area contributed by atoms with Crippen LogP contribution in [0.3, 0.4) is 0 Å². The van der Waals surface area contributed by atoms with Gasteiger partial charge in [0.25, 0.3) is 11.6 Å². The zero-order chi connectivity index (χ0) is 13.1. The van der Waals surface area contributed by atoms with Gasteiger partial charge in [0, 0.05) is 6.07 Å². The molecule has 18 heavy (non-hydrogen) atoms. The molecule has 0 radical (unpaired) electrons. The fraction of sp³-hybridized carbons (Fsp3) is 0.364. The summed E-state index contributed by atoms with van der Waals surface area (Å²) in [5, 5.41) is 13.4. The average molecular weight is 252 g/mol. The summed E-state index contributed by atoms with van der Waals surface area (Å²) < 4.78 is 9.94. The highest BCUT2D eigenvalue weighted by molar-refractivity contribution is 5.97. The molecule has 0 atom stereocenters. The molecule has 1 saturated heterocycles. The van der Waals surface area contributed by atoms with Crippen molar-refractivity contribution in [1.82, 2.24) is 5.32 Å². The van der Waals surface area contributed by atoms with Crippen LogP contribution in [0.5, 0.6) is 5.75 Å². The van der Waals surface area contributed by atoms with Gasteiger partial charge in [0.1, 0.15) is 5.75 Å². The van der Waals surface area contributed by atoms with Crippen molar-refractivity contribution in [2.24, 2.45) is 0 Å². The Morgan fingerprint density at radius 2 is 2.28 bits per heavy atom. The lowest BCUT2D eigenvalue weighted by molar-refractivity contribution is -0.384. The van der Waals surface area contributed by atoms with E-state index in [0.29, 0.717) is 13.2 Å². The monoisotopic (exact) mass is 252 g/mol. The second-order valence-corrected chi connectivity index (χ2v) is 3.85. The molecule has 1 aliphatic rings. The van der Waals surface area contributed by atoms with Gasteiger partial charge in [-0.3, -0.25) is 14.9 Å². The van der Waals surface area contributed by atoms with Crippen molar-refractivity contribution in [3.05, 3.63) is 33.9 Å². The van der Waals surface area contributed by atoms with E-state index in [-0.39, 0.29) is 28.9 Å². The molecule has 1 heterocycles. The molecule has 0 aromatic heterocycles. The number of nitrogens with zero attached hydrogens (tertiary/aromatic N) is 1. The van der Waals surface area contributed by atoms with Gasteiger partial charge in [0.2, 0.25) is 0 Å². The normalized spacial score (nSPS) is 14.7. The fourth-order valence-electron chi connectivity index (χ4n) is 1.56. The minimum atomic E-state index is -0.538. The predicted octanol–water partition coefficient (Wildman–Crippen LogP) is 0.732. The number of hydrogen-bond acceptors (Lipinski definition) is 5. The lowest BCUT2D eigenvalue weighted by Gasteiger charge is -2.27. The van der Waals surface area contributed by atoms with Crippen LogP contribution in [0.25, 0.3) is 0 Å². The second kappa shape index (κ2) is 5.01. The zero-order valence-corrected chi connectivity index (χ0v) is 9.71. The topological polar surface area (TPSA) is 90.7 Å². The maximum Gasteiger partial charge on any atom is 0.273 e. The van der Waals surface area contributed by atoms with Gasteiger partial charge in [0.15, 0.2) is 0 Å². The van der Waals surface area contributed by atoms with Gasteiger partial charge in [-0.25, -0.2) is 0 Å². The van der Waals surface area contributed by atoms with Gasteiger partial charge in [-0.15, -0.1) is 0 Å².